The predicted molar refractivity (Wildman–Crippen MR) is 114 cm³/mol. The molecule has 152 valence electrons. The van der Waals surface area contributed by atoms with E-state index in [0.29, 0.717) is 37.3 Å². The summed E-state index contributed by atoms with van der Waals surface area (Å²) in [6.45, 7) is 1.61. The van der Waals surface area contributed by atoms with Gasteiger partial charge in [-0.2, -0.15) is 0 Å². The molecule has 1 unspecified atom stereocenters. The predicted octanol–water partition coefficient (Wildman–Crippen LogP) is 2.90. The first-order valence-corrected chi connectivity index (χ1v) is 10.2. The number of carbonyl (C=O) groups is 2. The van der Waals surface area contributed by atoms with Crippen LogP contribution in [0.25, 0.3) is 0 Å². The van der Waals surface area contributed by atoms with E-state index in [1.165, 1.54) is 4.68 Å². The van der Waals surface area contributed by atoms with Gasteiger partial charge < -0.3 is 16.0 Å². The maximum Gasteiger partial charge on any atom is 0.254 e. The van der Waals surface area contributed by atoms with Crippen molar-refractivity contribution in [2.75, 3.05) is 24.1 Å². The van der Waals surface area contributed by atoms with Gasteiger partial charge in [0.1, 0.15) is 5.82 Å². The van der Waals surface area contributed by atoms with E-state index in [2.05, 4.69) is 10.4 Å². The highest BCUT2D eigenvalue weighted by Gasteiger charge is 2.33. The zero-order valence-electron chi connectivity index (χ0n) is 16.5. The van der Waals surface area contributed by atoms with Crippen LogP contribution in [0.1, 0.15) is 44.3 Å². The molecule has 0 bridgehead atoms. The maximum absolute atomic E-state index is 13.5. The van der Waals surface area contributed by atoms with E-state index in [0.717, 1.165) is 29.1 Å². The first kappa shape index (κ1) is 18.4. The number of nitrogens with one attached hydrogen (secondary N) is 1. The van der Waals surface area contributed by atoms with E-state index in [1.807, 2.05) is 42.5 Å². The molecule has 1 amide bonds. The Balaban J connectivity index is 1.47. The van der Waals surface area contributed by atoms with Crippen LogP contribution in [0.2, 0.25) is 0 Å². The van der Waals surface area contributed by atoms with E-state index in [9.17, 15) is 9.59 Å². The number of aromatic nitrogens is 2. The molecule has 5 rings (SSSR count). The molecule has 7 nitrogen and oxygen atoms in total. The van der Waals surface area contributed by atoms with Crippen LogP contribution in [0.15, 0.2) is 54.6 Å². The summed E-state index contributed by atoms with van der Waals surface area (Å²) in [6.07, 6.45) is 1.28. The maximum atomic E-state index is 13.5. The Bertz CT molecular complexity index is 1120. The SMILES string of the molecule is Nc1nn(C(=O)C2CCNc3ccccc32)c2c1CCN(C(=O)c1ccccc1)C2. The summed E-state index contributed by atoms with van der Waals surface area (Å²) in [5, 5.41) is 7.74. The van der Waals surface area contributed by atoms with E-state index < -0.39 is 0 Å². The number of fused-ring (bicyclic) bond motifs is 2. The van der Waals surface area contributed by atoms with Crippen LogP contribution in [0.3, 0.4) is 0 Å². The van der Waals surface area contributed by atoms with Crippen LogP contribution in [-0.4, -0.2) is 39.6 Å². The van der Waals surface area contributed by atoms with E-state index in [1.54, 1.807) is 17.0 Å². The molecule has 0 spiro atoms. The summed E-state index contributed by atoms with van der Waals surface area (Å²) in [5.74, 6) is -0.0448. The lowest BCUT2D eigenvalue weighted by molar-refractivity contribution is 0.0717. The van der Waals surface area contributed by atoms with Crippen LogP contribution in [0.4, 0.5) is 11.5 Å². The standard InChI is InChI=1S/C23H23N5O2/c24-21-18-11-13-27(22(29)15-6-2-1-3-7-15)14-20(18)28(26-21)23(30)17-10-12-25-19-9-5-4-8-16(17)19/h1-9,17,25H,10-14H2,(H2,24,26). The van der Waals surface area contributed by atoms with Gasteiger partial charge in [0.15, 0.2) is 0 Å². The molecule has 2 aliphatic heterocycles. The molecule has 3 aromatic rings. The van der Waals surface area contributed by atoms with Gasteiger partial charge in [-0.1, -0.05) is 36.4 Å². The minimum atomic E-state index is -0.286. The molecule has 3 N–H and O–H groups in total. The Morgan fingerprint density at radius 2 is 1.83 bits per heavy atom. The molecule has 0 saturated heterocycles. The number of hydrogen-bond acceptors (Lipinski definition) is 5. The summed E-state index contributed by atoms with van der Waals surface area (Å²) in [6, 6.07) is 17.1. The highest BCUT2D eigenvalue weighted by atomic mass is 16.2. The summed E-state index contributed by atoms with van der Waals surface area (Å²) in [7, 11) is 0. The number of amides is 1. The van der Waals surface area contributed by atoms with Gasteiger partial charge in [-0.05, 0) is 36.6 Å². The first-order chi connectivity index (χ1) is 14.6. The number of nitrogens with two attached hydrogens (primary N) is 1. The fourth-order valence-electron chi connectivity index (χ4n) is 4.44. The summed E-state index contributed by atoms with van der Waals surface area (Å²) >= 11 is 0. The Morgan fingerprint density at radius 3 is 2.67 bits per heavy atom. The summed E-state index contributed by atoms with van der Waals surface area (Å²) < 4.78 is 1.45. The van der Waals surface area contributed by atoms with Crippen LogP contribution in [-0.2, 0) is 13.0 Å². The van der Waals surface area contributed by atoms with Crippen molar-refractivity contribution >= 4 is 23.3 Å². The Hall–Kier alpha value is -3.61. The first-order valence-electron chi connectivity index (χ1n) is 10.2. The van der Waals surface area contributed by atoms with Gasteiger partial charge in [0.2, 0.25) is 0 Å². The number of nitrogens with zero attached hydrogens (tertiary/aromatic N) is 3. The molecule has 1 aromatic heterocycles. The second-order valence-electron chi connectivity index (χ2n) is 7.76. The number of hydrogen-bond donors (Lipinski definition) is 2. The van der Waals surface area contributed by atoms with Gasteiger partial charge in [-0.15, -0.1) is 5.10 Å². The zero-order chi connectivity index (χ0) is 20.7. The van der Waals surface area contributed by atoms with Gasteiger partial charge in [0, 0.05) is 29.9 Å². The van der Waals surface area contributed by atoms with Crippen LogP contribution in [0, 0.1) is 0 Å². The van der Waals surface area contributed by atoms with Gasteiger partial charge in [0.25, 0.3) is 11.8 Å². The van der Waals surface area contributed by atoms with Crippen molar-refractivity contribution in [3.63, 3.8) is 0 Å². The molecule has 3 heterocycles. The van der Waals surface area contributed by atoms with Gasteiger partial charge in [-0.3, -0.25) is 9.59 Å². The molecule has 7 heteroatoms. The van der Waals surface area contributed by atoms with E-state index in [4.69, 9.17) is 5.73 Å². The second kappa shape index (κ2) is 7.33. The largest absolute Gasteiger partial charge is 0.385 e. The average molecular weight is 401 g/mol. The van der Waals surface area contributed by atoms with E-state index in [-0.39, 0.29) is 17.7 Å². The topological polar surface area (TPSA) is 93.2 Å². The van der Waals surface area contributed by atoms with Gasteiger partial charge >= 0.3 is 0 Å². The van der Waals surface area contributed by atoms with Gasteiger partial charge in [-0.25, -0.2) is 4.68 Å². The van der Waals surface area contributed by atoms with Crippen molar-refractivity contribution in [1.29, 1.82) is 0 Å². The smallest absolute Gasteiger partial charge is 0.254 e. The second-order valence-corrected chi connectivity index (χ2v) is 7.76. The Morgan fingerprint density at radius 1 is 1.07 bits per heavy atom. The van der Waals surface area contributed by atoms with E-state index >= 15 is 0 Å². The minimum Gasteiger partial charge on any atom is -0.385 e. The third-order valence-corrected chi connectivity index (χ3v) is 5.99. The molecule has 0 fully saturated rings. The van der Waals surface area contributed by atoms with Crippen molar-refractivity contribution in [2.45, 2.75) is 25.3 Å². The number of benzene rings is 2. The molecular weight excluding hydrogens is 378 g/mol. The quantitative estimate of drug-likeness (QED) is 0.689. The van der Waals surface area contributed by atoms with Gasteiger partial charge in [0.05, 0.1) is 18.2 Å². The van der Waals surface area contributed by atoms with Crippen molar-refractivity contribution in [2.24, 2.45) is 0 Å². The third kappa shape index (κ3) is 3.03. The Labute approximate surface area is 174 Å². The van der Waals surface area contributed by atoms with Crippen molar-refractivity contribution in [3.8, 4) is 0 Å². The Kier molecular flexibility index (Phi) is 4.50. The van der Waals surface area contributed by atoms with Crippen molar-refractivity contribution in [1.82, 2.24) is 14.7 Å². The summed E-state index contributed by atoms with van der Waals surface area (Å²) in [4.78, 5) is 28.2. The molecule has 2 aromatic carbocycles. The number of rotatable bonds is 2. The fourth-order valence-corrected chi connectivity index (χ4v) is 4.44. The number of anilines is 2. The monoisotopic (exact) mass is 401 g/mol. The summed E-state index contributed by atoms with van der Waals surface area (Å²) in [5.41, 5.74) is 10.4. The zero-order valence-corrected chi connectivity index (χ0v) is 16.5. The highest BCUT2D eigenvalue weighted by molar-refractivity contribution is 5.94. The molecule has 0 radical (unpaired) electrons. The molecule has 1 atom stereocenters. The lowest BCUT2D eigenvalue weighted by Gasteiger charge is -2.29. The number of nitrogen functional groups attached to an aromatic ring is 1. The van der Waals surface area contributed by atoms with Crippen molar-refractivity contribution in [3.05, 3.63) is 77.0 Å². The fraction of sp³-hybridized carbons (Fsp3) is 0.261. The molecular formula is C23H23N5O2. The molecule has 2 aliphatic rings. The number of para-hydroxylation sites is 1. The molecule has 30 heavy (non-hydrogen) atoms. The number of carbonyl (C=O) groups excluding carboxylic acids is 2. The lowest BCUT2D eigenvalue weighted by Crippen LogP contribution is -2.38. The molecule has 0 saturated carbocycles. The minimum absolute atomic E-state index is 0.0489. The highest BCUT2D eigenvalue weighted by Crippen LogP contribution is 2.34. The average Bonchev–Trinajstić information content (AvgIpc) is 3.14. The lowest BCUT2D eigenvalue weighted by atomic mass is 9.90. The van der Waals surface area contributed by atoms with Crippen LogP contribution < -0.4 is 11.1 Å². The van der Waals surface area contributed by atoms with Crippen molar-refractivity contribution < 1.29 is 9.59 Å². The normalized spacial score (nSPS) is 17.6. The van der Waals surface area contributed by atoms with Crippen LogP contribution in [0.5, 0.6) is 0 Å². The molecule has 0 aliphatic carbocycles. The van der Waals surface area contributed by atoms with Crippen LogP contribution >= 0.6 is 0 Å². The third-order valence-electron chi connectivity index (χ3n) is 5.99.